The minimum Gasteiger partial charge on any atom is -0.481 e. The van der Waals surface area contributed by atoms with Crippen molar-refractivity contribution in [1.29, 1.82) is 0 Å². The summed E-state index contributed by atoms with van der Waals surface area (Å²) in [6, 6.07) is 4.08. The zero-order valence-electron chi connectivity index (χ0n) is 10.0. The molecular weight excluding hydrogens is 317 g/mol. The van der Waals surface area contributed by atoms with Gasteiger partial charge in [0.05, 0.1) is 16.0 Å². The standard InChI is InChI=1S/C13H13BrFNO3/c14-11-9(2-1-3-10(11)15)12(17)16-8-5-4-7(6-8)13(18)19/h1-3,7-8H,4-6H2,(H,16,17)(H,18,19). The molecule has 0 spiro atoms. The molecule has 0 heterocycles. The molecule has 0 radical (unpaired) electrons. The van der Waals surface area contributed by atoms with Crippen LogP contribution in [0.1, 0.15) is 29.6 Å². The molecule has 1 saturated carbocycles. The second-order valence-electron chi connectivity index (χ2n) is 4.62. The van der Waals surface area contributed by atoms with Gasteiger partial charge in [-0.3, -0.25) is 9.59 Å². The third kappa shape index (κ3) is 3.12. The Balaban J connectivity index is 2.02. The molecule has 2 unspecified atom stereocenters. The lowest BCUT2D eigenvalue weighted by Gasteiger charge is -2.13. The molecule has 1 amide bonds. The average molecular weight is 330 g/mol. The molecule has 0 bridgehead atoms. The molecule has 1 aliphatic rings. The van der Waals surface area contributed by atoms with E-state index in [1.165, 1.54) is 18.2 Å². The molecule has 1 aromatic rings. The molecule has 4 nitrogen and oxygen atoms in total. The lowest BCUT2D eigenvalue weighted by molar-refractivity contribution is -0.141. The highest BCUT2D eigenvalue weighted by Gasteiger charge is 2.31. The Bertz CT molecular complexity index is 521. The van der Waals surface area contributed by atoms with E-state index in [2.05, 4.69) is 21.2 Å². The predicted molar refractivity (Wildman–Crippen MR) is 70.3 cm³/mol. The van der Waals surface area contributed by atoms with Crippen molar-refractivity contribution in [3.63, 3.8) is 0 Å². The Kier molecular flexibility index (Phi) is 4.19. The van der Waals surface area contributed by atoms with E-state index < -0.39 is 17.7 Å². The van der Waals surface area contributed by atoms with Crippen LogP contribution in [-0.2, 0) is 4.79 Å². The van der Waals surface area contributed by atoms with Gasteiger partial charge in [0, 0.05) is 6.04 Å². The van der Waals surface area contributed by atoms with Crippen molar-refractivity contribution in [3.05, 3.63) is 34.1 Å². The van der Waals surface area contributed by atoms with E-state index >= 15 is 0 Å². The van der Waals surface area contributed by atoms with Crippen molar-refractivity contribution in [2.24, 2.45) is 5.92 Å². The van der Waals surface area contributed by atoms with Crippen LogP contribution in [-0.4, -0.2) is 23.0 Å². The van der Waals surface area contributed by atoms with Crippen LogP contribution in [0.15, 0.2) is 22.7 Å². The lowest BCUT2D eigenvalue weighted by atomic mass is 10.1. The maximum absolute atomic E-state index is 13.3. The van der Waals surface area contributed by atoms with Gasteiger partial charge in [-0.05, 0) is 47.3 Å². The van der Waals surface area contributed by atoms with E-state index in [-0.39, 0.29) is 22.0 Å². The quantitative estimate of drug-likeness (QED) is 0.895. The van der Waals surface area contributed by atoms with E-state index in [0.29, 0.717) is 19.3 Å². The van der Waals surface area contributed by atoms with Crippen molar-refractivity contribution < 1.29 is 19.1 Å². The highest BCUT2D eigenvalue weighted by atomic mass is 79.9. The van der Waals surface area contributed by atoms with Crippen LogP contribution in [0, 0.1) is 11.7 Å². The number of carboxylic acid groups (broad SMARTS) is 1. The molecule has 2 N–H and O–H groups in total. The van der Waals surface area contributed by atoms with E-state index in [1.807, 2.05) is 0 Å². The molecule has 2 rings (SSSR count). The van der Waals surface area contributed by atoms with E-state index in [9.17, 15) is 14.0 Å². The first-order chi connectivity index (χ1) is 8.99. The normalized spacial score (nSPS) is 22.2. The zero-order chi connectivity index (χ0) is 14.0. The first-order valence-electron chi connectivity index (χ1n) is 5.96. The Morgan fingerprint density at radius 1 is 1.37 bits per heavy atom. The van der Waals surface area contributed by atoms with Crippen LogP contribution < -0.4 is 5.32 Å². The van der Waals surface area contributed by atoms with Crippen molar-refractivity contribution >= 4 is 27.8 Å². The minimum atomic E-state index is -0.830. The lowest BCUT2D eigenvalue weighted by Crippen LogP contribution is -2.33. The van der Waals surface area contributed by atoms with Crippen LogP contribution in [0.3, 0.4) is 0 Å². The number of carboxylic acids is 1. The topological polar surface area (TPSA) is 66.4 Å². The summed E-state index contributed by atoms with van der Waals surface area (Å²) in [6.45, 7) is 0. The van der Waals surface area contributed by atoms with Crippen molar-refractivity contribution in [1.82, 2.24) is 5.32 Å². The predicted octanol–water partition coefficient (Wildman–Crippen LogP) is 2.57. The number of hydrogen-bond donors (Lipinski definition) is 2. The van der Waals surface area contributed by atoms with Crippen LogP contribution >= 0.6 is 15.9 Å². The van der Waals surface area contributed by atoms with Gasteiger partial charge >= 0.3 is 5.97 Å². The number of carbonyl (C=O) groups excluding carboxylic acids is 1. The summed E-state index contributed by atoms with van der Waals surface area (Å²) in [5.74, 6) is -2.12. The number of hydrogen-bond acceptors (Lipinski definition) is 2. The number of amides is 1. The highest BCUT2D eigenvalue weighted by Crippen LogP contribution is 2.27. The molecule has 0 aromatic heterocycles. The molecule has 1 aromatic carbocycles. The number of rotatable bonds is 3. The zero-order valence-corrected chi connectivity index (χ0v) is 11.6. The molecule has 0 aliphatic heterocycles. The van der Waals surface area contributed by atoms with Crippen LogP contribution in [0.25, 0.3) is 0 Å². The first kappa shape index (κ1) is 14.0. The van der Waals surface area contributed by atoms with Gasteiger partial charge in [-0.25, -0.2) is 4.39 Å². The Morgan fingerprint density at radius 3 is 2.74 bits per heavy atom. The third-order valence-electron chi connectivity index (χ3n) is 3.31. The van der Waals surface area contributed by atoms with Gasteiger partial charge in [0.25, 0.3) is 5.91 Å². The van der Waals surface area contributed by atoms with Gasteiger partial charge in [-0.15, -0.1) is 0 Å². The fourth-order valence-corrected chi connectivity index (χ4v) is 2.72. The summed E-state index contributed by atoms with van der Waals surface area (Å²) in [6.07, 6.45) is 1.62. The fourth-order valence-electron chi connectivity index (χ4n) is 2.28. The van der Waals surface area contributed by atoms with Crippen molar-refractivity contribution in [3.8, 4) is 0 Å². The molecular formula is C13H13BrFNO3. The Hall–Kier alpha value is -1.43. The number of nitrogens with one attached hydrogen (secondary N) is 1. The largest absolute Gasteiger partial charge is 0.481 e. The minimum absolute atomic E-state index is 0.125. The van der Waals surface area contributed by atoms with E-state index in [0.717, 1.165) is 0 Å². The van der Waals surface area contributed by atoms with E-state index in [4.69, 9.17) is 5.11 Å². The second-order valence-corrected chi connectivity index (χ2v) is 5.41. The maximum atomic E-state index is 13.3. The van der Waals surface area contributed by atoms with E-state index in [1.54, 1.807) is 0 Å². The second kappa shape index (κ2) is 5.69. The summed E-state index contributed by atoms with van der Waals surface area (Å²) in [5, 5.41) is 11.6. The molecule has 1 aliphatic carbocycles. The SMILES string of the molecule is O=C(NC1CCC(C(=O)O)C1)c1cccc(F)c1Br. The number of aliphatic carboxylic acids is 1. The Morgan fingerprint density at radius 2 is 2.11 bits per heavy atom. The molecule has 1 fully saturated rings. The molecule has 6 heteroatoms. The molecule has 19 heavy (non-hydrogen) atoms. The van der Waals surface area contributed by atoms with Gasteiger partial charge in [0.15, 0.2) is 0 Å². The monoisotopic (exact) mass is 329 g/mol. The number of carbonyl (C=O) groups is 2. The third-order valence-corrected chi connectivity index (χ3v) is 4.12. The van der Waals surface area contributed by atoms with Crippen molar-refractivity contribution in [2.75, 3.05) is 0 Å². The Labute approximate surface area is 118 Å². The summed E-state index contributed by atoms with van der Waals surface area (Å²) in [4.78, 5) is 22.8. The summed E-state index contributed by atoms with van der Waals surface area (Å²) in [5.41, 5.74) is 0.221. The molecule has 0 saturated heterocycles. The first-order valence-corrected chi connectivity index (χ1v) is 6.76. The summed E-state index contributed by atoms with van der Waals surface area (Å²) >= 11 is 3.04. The summed E-state index contributed by atoms with van der Waals surface area (Å²) in [7, 11) is 0. The van der Waals surface area contributed by atoms with Gasteiger partial charge in [0.1, 0.15) is 5.82 Å². The summed E-state index contributed by atoms with van der Waals surface area (Å²) < 4.78 is 13.4. The van der Waals surface area contributed by atoms with Crippen LogP contribution in [0.2, 0.25) is 0 Å². The number of benzene rings is 1. The van der Waals surface area contributed by atoms with Crippen LogP contribution in [0.4, 0.5) is 4.39 Å². The van der Waals surface area contributed by atoms with Gasteiger partial charge in [-0.1, -0.05) is 6.07 Å². The maximum Gasteiger partial charge on any atom is 0.306 e. The van der Waals surface area contributed by atoms with Crippen LogP contribution in [0.5, 0.6) is 0 Å². The number of halogens is 2. The molecule has 102 valence electrons. The smallest absolute Gasteiger partial charge is 0.306 e. The van der Waals surface area contributed by atoms with Gasteiger partial charge in [0.2, 0.25) is 0 Å². The van der Waals surface area contributed by atoms with Crippen molar-refractivity contribution in [2.45, 2.75) is 25.3 Å². The van der Waals surface area contributed by atoms with Gasteiger partial charge < -0.3 is 10.4 Å². The van der Waals surface area contributed by atoms with Gasteiger partial charge in [-0.2, -0.15) is 0 Å². The molecule has 2 atom stereocenters. The highest BCUT2D eigenvalue weighted by molar-refractivity contribution is 9.10. The average Bonchev–Trinajstić information content (AvgIpc) is 2.81. The fraction of sp³-hybridized carbons (Fsp3) is 0.385.